The number of nitrogens with zero attached hydrogens (tertiary/aromatic N) is 3. The average Bonchev–Trinajstić information content (AvgIpc) is 3.48. The standard InChI is InChI=1S/C21H21F3N4O3/c22-21(23,24)31-17-6-13(5-15(7-17)14-1-2-14)8-25-19-26-9-16(10-27-19)18(29)28-11-20(12-28)3-4-30-20/h5-7,9-10,14H,1-4,8,11-12H2,(H,25,26,27). The molecule has 1 aliphatic carbocycles. The Bertz CT molecular complexity index is 980. The van der Waals surface area contributed by atoms with E-state index in [1.807, 2.05) is 6.07 Å². The van der Waals surface area contributed by atoms with Gasteiger partial charge in [0.2, 0.25) is 5.95 Å². The number of rotatable bonds is 6. The van der Waals surface area contributed by atoms with Crippen LogP contribution in [0.5, 0.6) is 5.75 Å². The van der Waals surface area contributed by atoms with E-state index in [9.17, 15) is 18.0 Å². The Morgan fingerprint density at radius 3 is 2.52 bits per heavy atom. The van der Waals surface area contributed by atoms with Gasteiger partial charge in [-0.15, -0.1) is 13.2 Å². The molecular weight excluding hydrogens is 413 g/mol. The molecule has 164 valence electrons. The lowest BCUT2D eigenvalue weighted by atomic mass is 9.86. The Balaban J connectivity index is 1.21. The summed E-state index contributed by atoms with van der Waals surface area (Å²) in [5, 5.41) is 2.99. The van der Waals surface area contributed by atoms with Crippen molar-refractivity contribution in [1.29, 1.82) is 0 Å². The smallest absolute Gasteiger partial charge is 0.406 e. The quantitative estimate of drug-likeness (QED) is 0.750. The fourth-order valence-corrected chi connectivity index (χ4v) is 3.96. The van der Waals surface area contributed by atoms with Gasteiger partial charge in [-0.25, -0.2) is 9.97 Å². The van der Waals surface area contributed by atoms with E-state index in [0.717, 1.165) is 31.4 Å². The number of anilines is 1. The number of nitrogens with one attached hydrogen (secondary N) is 1. The predicted molar refractivity (Wildman–Crippen MR) is 104 cm³/mol. The van der Waals surface area contributed by atoms with Crippen molar-refractivity contribution < 1.29 is 27.4 Å². The number of hydrogen-bond acceptors (Lipinski definition) is 6. The number of hydrogen-bond donors (Lipinski definition) is 1. The number of carbonyl (C=O) groups is 1. The van der Waals surface area contributed by atoms with Gasteiger partial charge >= 0.3 is 6.36 Å². The first-order chi connectivity index (χ1) is 14.8. The highest BCUT2D eigenvalue weighted by Gasteiger charge is 2.50. The van der Waals surface area contributed by atoms with Gasteiger partial charge in [0.15, 0.2) is 0 Å². The van der Waals surface area contributed by atoms with Crippen LogP contribution in [0.2, 0.25) is 0 Å². The van der Waals surface area contributed by atoms with Crippen molar-refractivity contribution in [2.75, 3.05) is 25.0 Å². The van der Waals surface area contributed by atoms with Gasteiger partial charge in [-0.1, -0.05) is 6.07 Å². The zero-order valence-corrected chi connectivity index (χ0v) is 16.6. The molecule has 0 bridgehead atoms. The van der Waals surface area contributed by atoms with Crippen LogP contribution >= 0.6 is 0 Å². The molecule has 3 heterocycles. The van der Waals surface area contributed by atoms with Gasteiger partial charge in [0.05, 0.1) is 25.3 Å². The van der Waals surface area contributed by atoms with Crippen LogP contribution in [0.25, 0.3) is 0 Å². The molecule has 2 saturated heterocycles. The highest BCUT2D eigenvalue weighted by atomic mass is 19.4. The lowest BCUT2D eigenvalue weighted by molar-refractivity contribution is -0.274. The first-order valence-electron chi connectivity index (χ1n) is 10.2. The molecular formula is C21H21F3N4O3. The summed E-state index contributed by atoms with van der Waals surface area (Å²) in [6.45, 7) is 2.16. The molecule has 1 aromatic carbocycles. The topological polar surface area (TPSA) is 76.6 Å². The Morgan fingerprint density at radius 2 is 1.94 bits per heavy atom. The van der Waals surface area contributed by atoms with Gasteiger partial charge < -0.3 is 19.7 Å². The molecule has 1 aromatic heterocycles. The maximum atomic E-state index is 12.6. The van der Waals surface area contributed by atoms with Crippen molar-refractivity contribution in [2.45, 2.75) is 43.7 Å². The van der Waals surface area contributed by atoms with Gasteiger partial charge in [0.1, 0.15) is 11.4 Å². The van der Waals surface area contributed by atoms with Gasteiger partial charge in [-0.2, -0.15) is 0 Å². The second-order valence-electron chi connectivity index (χ2n) is 8.32. The minimum atomic E-state index is -4.74. The summed E-state index contributed by atoms with van der Waals surface area (Å²) in [7, 11) is 0. The molecule has 0 radical (unpaired) electrons. The molecule has 1 spiro atoms. The van der Waals surface area contributed by atoms with Crippen molar-refractivity contribution in [3.8, 4) is 5.75 Å². The molecule has 2 aliphatic heterocycles. The fourth-order valence-electron chi connectivity index (χ4n) is 3.96. The van der Waals surface area contributed by atoms with Crippen molar-refractivity contribution in [2.24, 2.45) is 0 Å². The van der Waals surface area contributed by atoms with E-state index >= 15 is 0 Å². The molecule has 5 rings (SSSR count). The molecule has 31 heavy (non-hydrogen) atoms. The third-order valence-corrected chi connectivity index (χ3v) is 5.83. The highest BCUT2D eigenvalue weighted by molar-refractivity contribution is 5.94. The molecule has 1 saturated carbocycles. The normalized spacial score (nSPS) is 19.5. The van der Waals surface area contributed by atoms with Crippen LogP contribution < -0.4 is 10.1 Å². The van der Waals surface area contributed by atoms with Crippen LogP contribution in [0.15, 0.2) is 30.6 Å². The summed E-state index contributed by atoms with van der Waals surface area (Å²) < 4.78 is 47.5. The van der Waals surface area contributed by atoms with E-state index in [-0.39, 0.29) is 35.7 Å². The van der Waals surface area contributed by atoms with E-state index in [4.69, 9.17) is 4.74 Å². The Morgan fingerprint density at radius 1 is 1.23 bits per heavy atom. The molecule has 1 N–H and O–H groups in total. The molecule has 10 heteroatoms. The first-order valence-corrected chi connectivity index (χ1v) is 10.2. The van der Waals surface area contributed by atoms with E-state index < -0.39 is 6.36 Å². The third kappa shape index (κ3) is 4.43. The minimum Gasteiger partial charge on any atom is -0.406 e. The summed E-state index contributed by atoms with van der Waals surface area (Å²) >= 11 is 0. The number of carbonyl (C=O) groups excluding carboxylic acids is 1. The number of benzene rings is 1. The first kappa shape index (κ1) is 20.0. The summed E-state index contributed by atoms with van der Waals surface area (Å²) in [5.41, 5.74) is 1.72. The van der Waals surface area contributed by atoms with E-state index in [2.05, 4.69) is 20.0 Å². The predicted octanol–water partition coefficient (Wildman–Crippen LogP) is 3.48. The van der Waals surface area contributed by atoms with Gasteiger partial charge in [-0.3, -0.25) is 4.79 Å². The van der Waals surface area contributed by atoms with E-state index in [1.165, 1.54) is 24.5 Å². The fraction of sp³-hybridized carbons (Fsp3) is 0.476. The van der Waals surface area contributed by atoms with Gasteiger partial charge in [0.25, 0.3) is 5.91 Å². The van der Waals surface area contributed by atoms with Gasteiger partial charge in [-0.05, 0) is 42.0 Å². The second kappa shape index (κ2) is 7.37. The Kier molecular flexibility index (Phi) is 4.76. The molecule has 3 fully saturated rings. The number of aromatic nitrogens is 2. The lowest BCUT2D eigenvalue weighted by Crippen LogP contribution is -2.69. The van der Waals surface area contributed by atoms with Crippen LogP contribution in [0.4, 0.5) is 19.1 Å². The average molecular weight is 434 g/mol. The summed E-state index contributed by atoms with van der Waals surface area (Å²) in [6.07, 6.45) is 1.07. The Hall–Kier alpha value is -2.88. The van der Waals surface area contributed by atoms with Crippen LogP contribution in [0, 0.1) is 0 Å². The van der Waals surface area contributed by atoms with Crippen molar-refractivity contribution in [1.82, 2.24) is 14.9 Å². The number of halogens is 3. The van der Waals surface area contributed by atoms with E-state index in [0.29, 0.717) is 24.2 Å². The molecule has 3 aliphatic rings. The molecule has 2 aromatic rings. The van der Waals surface area contributed by atoms with Crippen LogP contribution in [0.3, 0.4) is 0 Å². The highest BCUT2D eigenvalue weighted by Crippen LogP contribution is 2.42. The zero-order chi connectivity index (χ0) is 21.6. The lowest BCUT2D eigenvalue weighted by Gasteiger charge is -2.54. The Labute approximate surface area is 176 Å². The van der Waals surface area contributed by atoms with Crippen molar-refractivity contribution in [3.63, 3.8) is 0 Å². The van der Waals surface area contributed by atoms with Gasteiger partial charge in [0, 0.05) is 25.4 Å². The molecule has 0 atom stereocenters. The zero-order valence-electron chi connectivity index (χ0n) is 16.6. The molecule has 0 unspecified atom stereocenters. The summed E-state index contributed by atoms with van der Waals surface area (Å²) in [6, 6.07) is 4.67. The summed E-state index contributed by atoms with van der Waals surface area (Å²) in [5.74, 6) is 0.203. The number of likely N-dealkylation sites (tertiary alicyclic amines) is 1. The van der Waals surface area contributed by atoms with Crippen LogP contribution in [-0.2, 0) is 11.3 Å². The van der Waals surface area contributed by atoms with Crippen LogP contribution in [0.1, 0.15) is 46.7 Å². The van der Waals surface area contributed by atoms with Crippen LogP contribution in [-0.4, -0.2) is 52.4 Å². The SMILES string of the molecule is O=C(c1cnc(NCc2cc(OC(F)(F)F)cc(C3CC3)c2)nc1)N1CC2(CCO2)C1. The minimum absolute atomic E-state index is 0.137. The summed E-state index contributed by atoms with van der Waals surface area (Å²) in [4.78, 5) is 22.5. The number of alkyl halides is 3. The largest absolute Gasteiger partial charge is 0.573 e. The maximum absolute atomic E-state index is 12.6. The number of ether oxygens (including phenoxy) is 2. The van der Waals surface area contributed by atoms with Crippen molar-refractivity contribution in [3.05, 3.63) is 47.3 Å². The van der Waals surface area contributed by atoms with Crippen molar-refractivity contribution >= 4 is 11.9 Å². The molecule has 1 amide bonds. The van der Waals surface area contributed by atoms with E-state index in [1.54, 1.807) is 4.90 Å². The molecule has 7 nitrogen and oxygen atoms in total. The maximum Gasteiger partial charge on any atom is 0.573 e. The number of amides is 1. The second-order valence-corrected chi connectivity index (χ2v) is 8.32. The monoisotopic (exact) mass is 434 g/mol. The third-order valence-electron chi connectivity index (χ3n) is 5.83.